The molecule has 0 atom stereocenters. The minimum Gasteiger partial charge on any atom is -0.364 e. The van der Waals surface area contributed by atoms with Crippen LogP contribution in [0.15, 0.2) is 41.9 Å². The minimum atomic E-state index is -2.96. The van der Waals surface area contributed by atoms with Crippen molar-refractivity contribution in [3.63, 3.8) is 0 Å². The number of sulfone groups is 1. The average molecular weight is 448 g/mol. The van der Waals surface area contributed by atoms with E-state index >= 15 is 0 Å². The third kappa shape index (κ3) is 4.19. The van der Waals surface area contributed by atoms with E-state index in [4.69, 9.17) is 17.3 Å². The Hall–Kier alpha value is -2.29. The molecular formula is C20H18ClN3O3S2. The molecule has 1 aliphatic heterocycles. The van der Waals surface area contributed by atoms with Gasteiger partial charge >= 0.3 is 0 Å². The number of hydrogen-bond acceptors (Lipinski definition) is 6. The van der Waals surface area contributed by atoms with Crippen LogP contribution in [0, 0.1) is 0 Å². The predicted molar refractivity (Wildman–Crippen MR) is 115 cm³/mol. The first-order valence-electron chi connectivity index (χ1n) is 9.05. The standard InChI is InChI=1S/C20H18ClN3O3S2/c21-16-4-2-1-3-14(16)17-11-28-20(24-17)15-9-13(10-23-18(15)19(22)25)12-5-7-29(26,27)8-6-12/h1-4,9-12H,5-8H2,(H2,22,25). The largest absolute Gasteiger partial charge is 0.364 e. The van der Waals surface area contributed by atoms with Gasteiger partial charge in [-0.2, -0.15) is 0 Å². The Morgan fingerprint density at radius 1 is 1.17 bits per heavy atom. The molecule has 29 heavy (non-hydrogen) atoms. The zero-order chi connectivity index (χ0) is 20.6. The number of carbonyl (C=O) groups is 1. The first kappa shape index (κ1) is 20.0. The zero-order valence-corrected chi connectivity index (χ0v) is 17.7. The molecule has 2 N–H and O–H groups in total. The van der Waals surface area contributed by atoms with E-state index < -0.39 is 15.7 Å². The molecule has 0 saturated carbocycles. The molecule has 6 nitrogen and oxygen atoms in total. The SMILES string of the molecule is NC(=O)c1ncc(C2CCS(=O)(=O)CC2)cc1-c1nc(-c2ccccc2Cl)cs1. The van der Waals surface area contributed by atoms with Gasteiger partial charge in [-0.1, -0.05) is 29.8 Å². The second kappa shape index (κ2) is 7.85. The van der Waals surface area contributed by atoms with Crippen LogP contribution in [0.4, 0.5) is 0 Å². The van der Waals surface area contributed by atoms with Crippen molar-refractivity contribution in [3.05, 3.63) is 58.2 Å². The lowest BCUT2D eigenvalue weighted by atomic mass is 9.93. The Balaban J connectivity index is 1.73. The fraction of sp³-hybridized carbons (Fsp3) is 0.250. The highest BCUT2D eigenvalue weighted by Gasteiger charge is 2.26. The van der Waals surface area contributed by atoms with Gasteiger partial charge in [-0.3, -0.25) is 9.78 Å². The fourth-order valence-electron chi connectivity index (χ4n) is 3.48. The van der Waals surface area contributed by atoms with Gasteiger partial charge in [0.15, 0.2) is 0 Å². The molecule has 0 unspecified atom stereocenters. The Labute approximate surface area is 177 Å². The number of pyridine rings is 1. The van der Waals surface area contributed by atoms with Crippen molar-refractivity contribution in [2.75, 3.05) is 11.5 Å². The van der Waals surface area contributed by atoms with Gasteiger partial charge in [0.05, 0.1) is 17.2 Å². The molecule has 0 spiro atoms. The number of primary amides is 1. The van der Waals surface area contributed by atoms with Crippen LogP contribution in [-0.2, 0) is 9.84 Å². The van der Waals surface area contributed by atoms with Gasteiger partial charge in [0, 0.05) is 27.7 Å². The fourth-order valence-corrected chi connectivity index (χ4v) is 6.04. The third-order valence-electron chi connectivity index (χ3n) is 5.05. The quantitative estimate of drug-likeness (QED) is 0.652. The number of carbonyl (C=O) groups excluding carboxylic acids is 1. The number of halogens is 1. The van der Waals surface area contributed by atoms with Crippen LogP contribution in [0.3, 0.4) is 0 Å². The van der Waals surface area contributed by atoms with Crippen LogP contribution in [0.25, 0.3) is 21.8 Å². The summed E-state index contributed by atoms with van der Waals surface area (Å²) in [4.78, 5) is 20.9. The van der Waals surface area contributed by atoms with E-state index in [1.165, 1.54) is 11.3 Å². The molecule has 0 aliphatic carbocycles. The van der Waals surface area contributed by atoms with E-state index in [-0.39, 0.29) is 23.1 Å². The van der Waals surface area contributed by atoms with Gasteiger partial charge in [-0.25, -0.2) is 13.4 Å². The van der Waals surface area contributed by atoms with Gasteiger partial charge < -0.3 is 5.73 Å². The molecule has 1 aliphatic rings. The van der Waals surface area contributed by atoms with Crippen molar-refractivity contribution >= 4 is 38.7 Å². The number of nitrogens with two attached hydrogens (primary N) is 1. The highest BCUT2D eigenvalue weighted by molar-refractivity contribution is 7.91. The van der Waals surface area contributed by atoms with Crippen LogP contribution in [0.5, 0.6) is 0 Å². The van der Waals surface area contributed by atoms with Crippen molar-refractivity contribution in [2.45, 2.75) is 18.8 Å². The maximum absolute atomic E-state index is 11.9. The maximum Gasteiger partial charge on any atom is 0.268 e. The molecule has 2 aromatic heterocycles. The van der Waals surface area contributed by atoms with E-state index in [0.29, 0.717) is 34.1 Å². The maximum atomic E-state index is 11.9. The van der Waals surface area contributed by atoms with Crippen LogP contribution in [0.2, 0.25) is 5.02 Å². The number of nitrogens with zero attached hydrogens (tertiary/aromatic N) is 2. The van der Waals surface area contributed by atoms with Gasteiger partial charge in [0.2, 0.25) is 0 Å². The molecule has 0 bridgehead atoms. The van der Waals surface area contributed by atoms with Crippen molar-refractivity contribution in [1.29, 1.82) is 0 Å². The monoisotopic (exact) mass is 447 g/mol. The van der Waals surface area contributed by atoms with E-state index in [1.807, 2.05) is 29.6 Å². The lowest BCUT2D eigenvalue weighted by Gasteiger charge is -2.22. The molecule has 1 saturated heterocycles. The summed E-state index contributed by atoms with van der Waals surface area (Å²) in [7, 11) is -2.96. The first-order valence-corrected chi connectivity index (χ1v) is 12.1. The number of amides is 1. The van der Waals surface area contributed by atoms with Crippen molar-refractivity contribution in [1.82, 2.24) is 9.97 Å². The number of benzene rings is 1. The third-order valence-corrected chi connectivity index (χ3v) is 7.97. The van der Waals surface area contributed by atoms with Gasteiger partial charge in [0.1, 0.15) is 20.5 Å². The summed E-state index contributed by atoms with van der Waals surface area (Å²) in [6.07, 6.45) is 2.71. The van der Waals surface area contributed by atoms with Crippen molar-refractivity contribution in [3.8, 4) is 21.8 Å². The lowest BCUT2D eigenvalue weighted by molar-refractivity contribution is 0.0996. The van der Waals surface area contributed by atoms with Gasteiger partial charge in [-0.05, 0) is 36.5 Å². The minimum absolute atomic E-state index is 0.0784. The van der Waals surface area contributed by atoms with Crippen LogP contribution in [0.1, 0.15) is 34.8 Å². The number of aromatic nitrogens is 2. The van der Waals surface area contributed by atoms with E-state index in [2.05, 4.69) is 9.97 Å². The first-order chi connectivity index (χ1) is 13.8. The van der Waals surface area contributed by atoms with E-state index in [9.17, 15) is 13.2 Å². The molecule has 1 aromatic carbocycles. The van der Waals surface area contributed by atoms with Crippen molar-refractivity contribution < 1.29 is 13.2 Å². The van der Waals surface area contributed by atoms with Crippen LogP contribution in [-0.4, -0.2) is 35.8 Å². The molecule has 3 aromatic rings. The highest BCUT2D eigenvalue weighted by atomic mass is 35.5. The van der Waals surface area contributed by atoms with Crippen LogP contribution >= 0.6 is 22.9 Å². The second-order valence-corrected chi connectivity index (χ2v) is 10.5. The molecule has 1 amide bonds. The summed E-state index contributed by atoms with van der Waals surface area (Å²) in [5.74, 6) is -0.223. The topological polar surface area (TPSA) is 103 Å². The average Bonchev–Trinajstić information content (AvgIpc) is 3.17. The van der Waals surface area contributed by atoms with E-state index in [1.54, 1.807) is 12.3 Å². The normalized spacial score (nSPS) is 16.6. The second-order valence-electron chi connectivity index (χ2n) is 6.97. The zero-order valence-electron chi connectivity index (χ0n) is 15.3. The predicted octanol–water partition coefficient (Wildman–Crippen LogP) is 3.92. The lowest BCUT2D eigenvalue weighted by Crippen LogP contribution is -2.22. The highest BCUT2D eigenvalue weighted by Crippen LogP contribution is 2.36. The molecule has 3 heterocycles. The Kier molecular flexibility index (Phi) is 5.42. The molecule has 4 rings (SSSR count). The summed E-state index contributed by atoms with van der Waals surface area (Å²) < 4.78 is 23.5. The molecule has 150 valence electrons. The smallest absolute Gasteiger partial charge is 0.268 e. The summed E-state index contributed by atoms with van der Waals surface area (Å²) in [5.41, 5.74) is 8.66. The van der Waals surface area contributed by atoms with Crippen molar-refractivity contribution in [2.24, 2.45) is 5.73 Å². The summed E-state index contributed by atoms with van der Waals surface area (Å²) in [5, 5.41) is 3.09. The molecule has 9 heteroatoms. The molecule has 0 radical (unpaired) electrons. The number of rotatable bonds is 4. The number of hydrogen-bond donors (Lipinski definition) is 1. The summed E-state index contributed by atoms with van der Waals surface area (Å²) >= 11 is 7.65. The number of thiazole rings is 1. The van der Waals surface area contributed by atoms with E-state index in [0.717, 1.165) is 11.1 Å². The Morgan fingerprint density at radius 3 is 2.59 bits per heavy atom. The van der Waals surface area contributed by atoms with Gasteiger partial charge in [0.25, 0.3) is 5.91 Å². The van der Waals surface area contributed by atoms with Gasteiger partial charge in [-0.15, -0.1) is 11.3 Å². The Morgan fingerprint density at radius 2 is 1.90 bits per heavy atom. The summed E-state index contributed by atoms with van der Waals surface area (Å²) in [6.45, 7) is 0. The molecule has 1 fully saturated rings. The van der Waals surface area contributed by atoms with Crippen LogP contribution < -0.4 is 5.73 Å². The molecular weight excluding hydrogens is 430 g/mol. The summed E-state index contributed by atoms with van der Waals surface area (Å²) in [6, 6.07) is 9.28. The Bertz CT molecular complexity index is 1180.